The van der Waals surface area contributed by atoms with Crippen molar-refractivity contribution >= 4 is 40.0 Å². The Morgan fingerprint density at radius 3 is 2.39 bits per heavy atom. The summed E-state index contributed by atoms with van der Waals surface area (Å²) < 4.78 is 13.7. The zero-order valence-electron chi connectivity index (χ0n) is 29.1. The predicted molar refractivity (Wildman–Crippen MR) is 191 cm³/mol. The molecular weight excluding hydrogens is 622 g/mol. The highest BCUT2D eigenvalue weighted by Crippen LogP contribution is 2.36. The van der Waals surface area contributed by atoms with Gasteiger partial charge in [-0.2, -0.15) is 0 Å². The number of benzene rings is 3. The number of methoxy groups -OCH3 is 1. The fourth-order valence-corrected chi connectivity index (χ4v) is 6.21. The van der Waals surface area contributed by atoms with Crippen LogP contribution in [-0.2, 0) is 18.4 Å². The Hall–Kier alpha value is -4.94. The van der Waals surface area contributed by atoms with Crippen molar-refractivity contribution in [2.75, 3.05) is 64.6 Å². The lowest BCUT2D eigenvalue weighted by atomic mass is 9.98. The van der Waals surface area contributed by atoms with E-state index in [-0.39, 0.29) is 46.7 Å². The van der Waals surface area contributed by atoms with Crippen LogP contribution in [0.1, 0.15) is 63.4 Å². The number of hydrogen-bond acceptors (Lipinski definition) is 9. The Kier molecular flexibility index (Phi) is 11.2. The molecular formula is C37H47N7O5. The average molecular weight is 670 g/mol. The van der Waals surface area contributed by atoms with Gasteiger partial charge in [-0.25, -0.2) is 4.98 Å². The second kappa shape index (κ2) is 15.5. The maximum Gasteiger partial charge on any atom is 0.260 e. The fourth-order valence-electron chi connectivity index (χ4n) is 6.21. The molecule has 0 atom stereocenters. The van der Waals surface area contributed by atoms with Crippen LogP contribution in [0, 0.1) is 6.92 Å². The number of nitrogen functional groups attached to an aromatic ring is 1. The van der Waals surface area contributed by atoms with E-state index in [1.54, 1.807) is 31.3 Å². The first-order valence-electron chi connectivity index (χ1n) is 16.7. The Bertz CT molecular complexity index is 1840. The van der Waals surface area contributed by atoms with E-state index in [2.05, 4.69) is 16.9 Å². The molecule has 4 aromatic rings. The van der Waals surface area contributed by atoms with Crippen LogP contribution < -0.4 is 25.8 Å². The van der Waals surface area contributed by atoms with Crippen LogP contribution in [0.3, 0.4) is 0 Å². The van der Waals surface area contributed by atoms with Crippen molar-refractivity contribution in [1.82, 2.24) is 19.4 Å². The molecule has 0 bridgehead atoms. The standard InChI is InChI=1S/C37H47N7O5/c1-24-13-16-28(30(22-24)49-21-8-6-7-12-32(45)44-19-17-41(2)18-20-44)43(4)37(47)25-14-15-27(36(48-5)33(25)39)35(46)26-10-9-11-29-34(26)40-31(23-38)42(29)3/h9-11,13-16,22H,6-8,12,17-21,23,38-39H2,1-5H3. The molecule has 1 fully saturated rings. The molecule has 1 saturated heterocycles. The van der Waals surface area contributed by atoms with Crippen LogP contribution in [0.2, 0.25) is 0 Å². The number of rotatable bonds is 13. The van der Waals surface area contributed by atoms with Crippen molar-refractivity contribution in [3.05, 3.63) is 76.6 Å². The van der Waals surface area contributed by atoms with Gasteiger partial charge in [0.15, 0.2) is 11.5 Å². The molecule has 1 aliphatic heterocycles. The molecule has 12 nitrogen and oxygen atoms in total. The Balaban J connectivity index is 1.27. The third kappa shape index (κ3) is 7.55. The van der Waals surface area contributed by atoms with Crippen LogP contribution in [0.4, 0.5) is 11.4 Å². The summed E-state index contributed by atoms with van der Waals surface area (Å²) in [5.41, 5.74) is 16.1. The molecule has 1 aromatic heterocycles. The minimum atomic E-state index is -0.384. The van der Waals surface area contributed by atoms with Crippen LogP contribution >= 0.6 is 0 Å². The Morgan fingerprint density at radius 1 is 0.939 bits per heavy atom. The highest BCUT2D eigenvalue weighted by atomic mass is 16.5. The third-order valence-corrected chi connectivity index (χ3v) is 9.24. The number of aromatic nitrogens is 2. The number of unbranched alkanes of at least 4 members (excludes halogenated alkanes) is 2. The Morgan fingerprint density at radius 2 is 1.67 bits per heavy atom. The monoisotopic (exact) mass is 669 g/mol. The first-order chi connectivity index (χ1) is 23.5. The number of fused-ring (bicyclic) bond motifs is 1. The van der Waals surface area contributed by atoms with Crippen LogP contribution in [0.25, 0.3) is 11.0 Å². The molecule has 0 spiro atoms. The molecule has 0 saturated carbocycles. The van der Waals surface area contributed by atoms with E-state index >= 15 is 0 Å². The number of carbonyl (C=O) groups is 3. The predicted octanol–water partition coefficient (Wildman–Crippen LogP) is 4.15. The summed E-state index contributed by atoms with van der Waals surface area (Å²) in [6, 6.07) is 14.1. The normalized spacial score (nSPS) is 13.5. The van der Waals surface area contributed by atoms with Crippen molar-refractivity contribution in [1.29, 1.82) is 0 Å². The fraction of sp³-hybridized carbons (Fsp3) is 0.405. The Labute approximate surface area is 287 Å². The molecule has 0 radical (unpaired) electrons. The van der Waals surface area contributed by atoms with Gasteiger partial charge in [0.25, 0.3) is 5.91 Å². The number of nitrogens with two attached hydrogens (primary N) is 2. The summed E-state index contributed by atoms with van der Waals surface area (Å²) in [5, 5.41) is 0. The number of imidazole rings is 1. The van der Waals surface area contributed by atoms with Gasteiger partial charge >= 0.3 is 0 Å². The minimum Gasteiger partial charge on any atom is -0.494 e. The van der Waals surface area contributed by atoms with Gasteiger partial charge in [-0.15, -0.1) is 0 Å². The lowest BCUT2D eigenvalue weighted by Crippen LogP contribution is -2.47. The topological polar surface area (TPSA) is 149 Å². The highest BCUT2D eigenvalue weighted by molar-refractivity contribution is 6.19. The minimum absolute atomic E-state index is 0.0572. The highest BCUT2D eigenvalue weighted by Gasteiger charge is 2.27. The maximum atomic E-state index is 13.9. The third-order valence-electron chi connectivity index (χ3n) is 9.24. The summed E-state index contributed by atoms with van der Waals surface area (Å²) in [7, 11) is 7.01. The molecule has 0 aliphatic carbocycles. The molecule has 0 unspecified atom stereocenters. The van der Waals surface area contributed by atoms with E-state index in [9.17, 15) is 14.4 Å². The van der Waals surface area contributed by atoms with Crippen LogP contribution in [0.15, 0.2) is 48.5 Å². The average Bonchev–Trinajstić information content (AvgIpc) is 3.44. The molecule has 3 aromatic carbocycles. The van der Waals surface area contributed by atoms with Gasteiger partial charge in [0.05, 0.1) is 59.4 Å². The van der Waals surface area contributed by atoms with Crippen LogP contribution in [-0.4, -0.2) is 90.9 Å². The zero-order chi connectivity index (χ0) is 35.2. The van der Waals surface area contributed by atoms with Crippen molar-refractivity contribution in [2.45, 2.75) is 39.2 Å². The summed E-state index contributed by atoms with van der Waals surface area (Å²) in [4.78, 5) is 50.5. The van der Waals surface area contributed by atoms with Gasteiger partial charge in [-0.3, -0.25) is 14.4 Å². The first-order valence-corrected chi connectivity index (χ1v) is 16.7. The maximum absolute atomic E-state index is 13.9. The number of ketones is 1. The van der Waals surface area contributed by atoms with Crippen LogP contribution in [0.5, 0.6) is 11.5 Å². The summed E-state index contributed by atoms with van der Waals surface area (Å²) in [5.74, 6) is 0.838. The molecule has 4 N–H and O–H groups in total. The lowest BCUT2D eigenvalue weighted by Gasteiger charge is -2.32. The second-order valence-corrected chi connectivity index (χ2v) is 12.6. The number of amides is 2. The summed E-state index contributed by atoms with van der Waals surface area (Å²) in [6.07, 6.45) is 2.99. The van der Waals surface area contributed by atoms with Gasteiger partial charge in [0.1, 0.15) is 11.6 Å². The number of ether oxygens (including phenoxy) is 2. The number of likely N-dealkylation sites (N-methyl/N-ethyl adjacent to an activating group) is 1. The van der Waals surface area contributed by atoms with E-state index in [4.69, 9.17) is 20.9 Å². The van der Waals surface area contributed by atoms with E-state index in [0.29, 0.717) is 41.4 Å². The van der Waals surface area contributed by atoms with Crippen molar-refractivity contribution in [2.24, 2.45) is 12.8 Å². The molecule has 1 aliphatic rings. The number of para-hydroxylation sites is 1. The number of carbonyl (C=O) groups excluding carboxylic acids is 3. The molecule has 260 valence electrons. The van der Waals surface area contributed by atoms with Gasteiger partial charge in [-0.05, 0) is 75.2 Å². The number of nitrogens with zero attached hydrogens (tertiary/aromatic N) is 5. The summed E-state index contributed by atoms with van der Waals surface area (Å²) in [6.45, 7) is 6.06. The van der Waals surface area contributed by atoms with Crippen molar-refractivity contribution in [3.63, 3.8) is 0 Å². The largest absolute Gasteiger partial charge is 0.494 e. The van der Waals surface area contributed by atoms with Crippen molar-refractivity contribution < 1.29 is 23.9 Å². The molecule has 2 amide bonds. The molecule has 5 rings (SSSR count). The number of aryl methyl sites for hydroxylation is 2. The molecule has 12 heteroatoms. The van der Waals surface area contributed by atoms with E-state index < -0.39 is 0 Å². The van der Waals surface area contributed by atoms with E-state index in [1.165, 1.54) is 12.0 Å². The van der Waals surface area contributed by atoms with Gasteiger partial charge in [0.2, 0.25) is 5.91 Å². The van der Waals surface area contributed by atoms with Gasteiger partial charge in [-0.1, -0.05) is 12.1 Å². The smallest absolute Gasteiger partial charge is 0.260 e. The first kappa shape index (κ1) is 35.4. The lowest BCUT2D eigenvalue weighted by molar-refractivity contribution is -0.132. The van der Waals surface area contributed by atoms with E-state index in [1.807, 2.05) is 47.7 Å². The summed E-state index contributed by atoms with van der Waals surface area (Å²) >= 11 is 0. The quantitative estimate of drug-likeness (QED) is 0.122. The second-order valence-electron chi connectivity index (χ2n) is 12.6. The van der Waals surface area contributed by atoms with Crippen molar-refractivity contribution in [3.8, 4) is 11.5 Å². The van der Waals surface area contributed by atoms with Gasteiger partial charge in [0, 0.05) is 46.7 Å². The number of hydrogen-bond donors (Lipinski definition) is 2. The number of piperazine rings is 1. The SMILES string of the molecule is COc1c(C(=O)c2cccc3c2nc(CN)n3C)ccc(C(=O)N(C)c2ccc(C)cc2OCCCCCC(=O)N2CCN(C)CC2)c1N. The molecule has 2 heterocycles. The number of anilines is 2. The zero-order valence-corrected chi connectivity index (χ0v) is 29.1. The molecule has 49 heavy (non-hydrogen) atoms. The van der Waals surface area contributed by atoms with E-state index in [0.717, 1.165) is 56.5 Å². The van der Waals surface area contributed by atoms with Gasteiger partial charge < -0.3 is 40.2 Å².